The van der Waals surface area contributed by atoms with Crippen molar-refractivity contribution in [2.45, 2.75) is 12.8 Å². The van der Waals surface area contributed by atoms with Crippen LogP contribution in [-0.2, 0) is 11.2 Å². The number of aromatic nitrogens is 2. The predicted octanol–water partition coefficient (Wildman–Crippen LogP) is 2.39. The highest BCUT2D eigenvalue weighted by Gasteiger charge is 2.26. The van der Waals surface area contributed by atoms with E-state index in [0.717, 1.165) is 0 Å². The summed E-state index contributed by atoms with van der Waals surface area (Å²) in [4.78, 5) is 32.4. The van der Waals surface area contributed by atoms with Gasteiger partial charge in [0.2, 0.25) is 17.6 Å². The van der Waals surface area contributed by atoms with Crippen molar-refractivity contribution in [1.82, 2.24) is 19.9 Å². The molecular weight excluding hydrogens is 379 g/mol. The highest BCUT2D eigenvalue weighted by Crippen LogP contribution is 2.17. The molecule has 1 fully saturated rings. The third kappa shape index (κ3) is 4.34. The van der Waals surface area contributed by atoms with E-state index in [1.807, 2.05) is 0 Å². The number of carbonyl (C=O) groups is 2. The van der Waals surface area contributed by atoms with Gasteiger partial charge in [0.15, 0.2) is 5.76 Å². The number of benzene rings is 1. The summed E-state index contributed by atoms with van der Waals surface area (Å²) in [5, 5.41) is 3.87. The minimum Gasteiger partial charge on any atom is -0.459 e. The molecular formula is C20H19FN4O4. The number of carbonyl (C=O) groups excluding carboxylic acids is 2. The number of hydrogen-bond acceptors (Lipinski definition) is 6. The standard InChI is InChI=1S/C20H19FN4O4/c21-15-5-3-14(4-6-15)19-22-17(29-23-19)7-8-18(26)24-9-11-25(12-10-24)20(27)16-2-1-13-28-16/h1-6,13H,7-12H2. The SMILES string of the molecule is O=C(CCc1nc(-c2ccc(F)cc2)no1)N1CCN(C(=O)c2ccco2)CC1. The highest BCUT2D eigenvalue weighted by molar-refractivity contribution is 5.91. The Kier molecular flexibility index (Phi) is 5.37. The maximum atomic E-state index is 13.0. The molecule has 3 heterocycles. The van der Waals surface area contributed by atoms with Gasteiger partial charge in [0.25, 0.3) is 5.91 Å². The quantitative estimate of drug-likeness (QED) is 0.655. The molecule has 0 saturated carbocycles. The van der Waals surface area contributed by atoms with Gasteiger partial charge in [-0.15, -0.1) is 0 Å². The summed E-state index contributed by atoms with van der Waals surface area (Å²) in [6.45, 7) is 1.85. The Balaban J connectivity index is 1.26. The lowest BCUT2D eigenvalue weighted by Gasteiger charge is -2.34. The first-order chi connectivity index (χ1) is 14.1. The van der Waals surface area contributed by atoms with Crippen LogP contribution in [-0.4, -0.2) is 57.9 Å². The summed E-state index contributed by atoms with van der Waals surface area (Å²) < 4.78 is 23.3. The van der Waals surface area contributed by atoms with Crippen molar-refractivity contribution in [3.63, 3.8) is 0 Å². The summed E-state index contributed by atoms with van der Waals surface area (Å²) in [6, 6.07) is 9.09. The van der Waals surface area contributed by atoms with E-state index in [1.165, 1.54) is 18.4 Å². The van der Waals surface area contributed by atoms with Gasteiger partial charge in [-0.05, 0) is 36.4 Å². The minimum absolute atomic E-state index is 0.0309. The molecule has 1 aliphatic heterocycles. The van der Waals surface area contributed by atoms with Gasteiger partial charge in [0.1, 0.15) is 5.82 Å². The molecule has 0 bridgehead atoms. The van der Waals surface area contributed by atoms with Crippen molar-refractivity contribution in [1.29, 1.82) is 0 Å². The summed E-state index contributed by atoms with van der Waals surface area (Å²) in [5.41, 5.74) is 0.644. The molecule has 29 heavy (non-hydrogen) atoms. The summed E-state index contributed by atoms with van der Waals surface area (Å²) >= 11 is 0. The lowest BCUT2D eigenvalue weighted by Crippen LogP contribution is -2.50. The van der Waals surface area contributed by atoms with Crippen LogP contribution >= 0.6 is 0 Å². The second-order valence-corrected chi connectivity index (χ2v) is 6.67. The van der Waals surface area contributed by atoms with Crippen LogP contribution in [0.25, 0.3) is 11.4 Å². The van der Waals surface area contributed by atoms with Crippen LogP contribution in [0.1, 0.15) is 22.9 Å². The molecule has 1 aromatic carbocycles. The fraction of sp³-hybridized carbons (Fsp3) is 0.300. The van der Waals surface area contributed by atoms with Crippen molar-refractivity contribution >= 4 is 11.8 Å². The lowest BCUT2D eigenvalue weighted by atomic mass is 10.2. The third-order valence-electron chi connectivity index (χ3n) is 4.77. The predicted molar refractivity (Wildman–Crippen MR) is 99.2 cm³/mol. The molecule has 0 N–H and O–H groups in total. The van der Waals surface area contributed by atoms with Crippen LogP contribution in [0.4, 0.5) is 4.39 Å². The second-order valence-electron chi connectivity index (χ2n) is 6.67. The average molecular weight is 398 g/mol. The maximum absolute atomic E-state index is 13.0. The number of rotatable bonds is 5. The smallest absolute Gasteiger partial charge is 0.289 e. The molecule has 150 valence electrons. The van der Waals surface area contributed by atoms with Gasteiger partial charge in [-0.3, -0.25) is 9.59 Å². The zero-order valence-corrected chi connectivity index (χ0v) is 15.6. The molecule has 0 unspecified atom stereocenters. The molecule has 0 spiro atoms. The van der Waals surface area contributed by atoms with E-state index in [-0.39, 0.29) is 24.1 Å². The van der Waals surface area contributed by atoms with E-state index in [4.69, 9.17) is 8.94 Å². The normalized spacial score (nSPS) is 14.2. The number of furan rings is 1. The number of hydrogen-bond donors (Lipinski definition) is 0. The van der Waals surface area contributed by atoms with Crippen LogP contribution in [0.3, 0.4) is 0 Å². The van der Waals surface area contributed by atoms with Crippen molar-refractivity contribution in [3.8, 4) is 11.4 Å². The number of amides is 2. The van der Waals surface area contributed by atoms with Crippen LogP contribution in [0, 0.1) is 5.82 Å². The van der Waals surface area contributed by atoms with Gasteiger partial charge in [-0.2, -0.15) is 4.98 Å². The maximum Gasteiger partial charge on any atom is 0.289 e. The van der Waals surface area contributed by atoms with E-state index in [9.17, 15) is 14.0 Å². The van der Waals surface area contributed by atoms with Crippen LogP contribution < -0.4 is 0 Å². The Morgan fingerprint density at radius 3 is 2.45 bits per heavy atom. The zero-order chi connectivity index (χ0) is 20.2. The van der Waals surface area contributed by atoms with Crippen molar-refractivity contribution in [2.75, 3.05) is 26.2 Å². The topological polar surface area (TPSA) is 92.7 Å². The average Bonchev–Trinajstić information content (AvgIpc) is 3.44. The van der Waals surface area contributed by atoms with Crippen LogP contribution in [0.2, 0.25) is 0 Å². The molecule has 0 atom stereocenters. The number of piperazine rings is 1. The van der Waals surface area contributed by atoms with Crippen LogP contribution in [0.5, 0.6) is 0 Å². The van der Waals surface area contributed by atoms with Crippen molar-refractivity contribution < 1.29 is 22.9 Å². The molecule has 4 rings (SSSR count). The first-order valence-corrected chi connectivity index (χ1v) is 9.29. The lowest BCUT2D eigenvalue weighted by molar-refractivity contribution is -0.132. The first kappa shape index (κ1) is 18.9. The van der Waals surface area contributed by atoms with Gasteiger partial charge in [0, 0.05) is 44.6 Å². The number of nitrogens with zero attached hydrogens (tertiary/aromatic N) is 4. The van der Waals surface area contributed by atoms with Crippen molar-refractivity contribution in [2.24, 2.45) is 0 Å². The minimum atomic E-state index is -0.339. The van der Waals surface area contributed by atoms with Gasteiger partial charge < -0.3 is 18.7 Å². The van der Waals surface area contributed by atoms with Gasteiger partial charge in [-0.25, -0.2) is 4.39 Å². The van der Waals surface area contributed by atoms with E-state index in [2.05, 4.69) is 10.1 Å². The Labute approximate surface area is 165 Å². The summed E-state index contributed by atoms with van der Waals surface area (Å²) in [6.07, 6.45) is 2.02. The monoisotopic (exact) mass is 398 g/mol. The van der Waals surface area contributed by atoms with E-state index < -0.39 is 0 Å². The highest BCUT2D eigenvalue weighted by atomic mass is 19.1. The Morgan fingerprint density at radius 1 is 1.03 bits per heavy atom. The van der Waals surface area contributed by atoms with E-state index in [1.54, 1.807) is 34.1 Å². The molecule has 2 amide bonds. The Hall–Kier alpha value is -3.49. The summed E-state index contributed by atoms with van der Waals surface area (Å²) in [5.74, 6) is 0.479. The fourth-order valence-corrected chi connectivity index (χ4v) is 3.16. The van der Waals surface area contributed by atoms with Crippen LogP contribution in [0.15, 0.2) is 51.6 Å². The van der Waals surface area contributed by atoms with Gasteiger partial charge in [-0.1, -0.05) is 5.16 Å². The summed E-state index contributed by atoms with van der Waals surface area (Å²) in [7, 11) is 0. The largest absolute Gasteiger partial charge is 0.459 e. The Morgan fingerprint density at radius 2 is 1.76 bits per heavy atom. The number of halogens is 1. The van der Waals surface area contributed by atoms with Gasteiger partial charge >= 0.3 is 0 Å². The second kappa shape index (κ2) is 8.26. The molecule has 8 nitrogen and oxygen atoms in total. The third-order valence-corrected chi connectivity index (χ3v) is 4.77. The molecule has 1 aliphatic rings. The van der Waals surface area contributed by atoms with E-state index in [0.29, 0.717) is 55.6 Å². The van der Waals surface area contributed by atoms with Crippen molar-refractivity contribution in [3.05, 3.63) is 60.1 Å². The zero-order valence-electron chi connectivity index (χ0n) is 15.6. The van der Waals surface area contributed by atoms with Gasteiger partial charge in [0.05, 0.1) is 6.26 Å². The molecule has 9 heteroatoms. The molecule has 2 aromatic heterocycles. The molecule has 1 saturated heterocycles. The first-order valence-electron chi connectivity index (χ1n) is 9.29. The molecule has 0 aliphatic carbocycles. The molecule has 3 aromatic rings. The van der Waals surface area contributed by atoms with E-state index >= 15 is 0 Å². The number of aryl methyl sites for hydroxylation is 1. The molecule has 0 radical (unpaired) electrons. The fourth-order valence-electron chi connectivity index (χ4n) is 3.16. The Bertz CT molecular complexity index is 976.